The van der Waals surface area contributed by atoms with Crippen LogP contribution in [0.15, 0.2) is 42.5 Å². The van der Waals surface area contributed by atoms with E-state index in [4.69, 9.17) is 0 Å². The number of aryl methyl sites for hydroxylation is 1. The maximum atomic E-state index is 12.7. The second-order valence-electron chi connectivity index (χ2n) is 8.74. The molecule has 0 bridgehead atoms. The van der Waals surface area contributed by atoms with Crippen LogP contribution >= 0.6 is 0 Å². The molecule has 2 heterocycles. The minimum atomic E-state index is -3.67. The number of carbonyl (C=O) groups is 1. The zero-order chi connectivity index (χ0) is 23.1. The number of amides is 1. The van der Waals surface area contributed by atoms with Crippen molar-refractivity contribution >= 4 is 21.6 Å². The molecule has 1 aliphatic rings. The van der Waals surface area contributed by atoms with Crippen molar-refractivity contribution in [3.8, 4) is 5.69 Å². The van der Waals surface area contributed by atoms with Crippen LogP contribution in [0.4, 0.5) is 5.69 Å². The SMILES string of the molecule is CCc1nnnn1-c1cccc(C2Nc3c(cccc3C(=O)NS(C)(=O)=O)CC2(C)C)c1. The molecule has 0 fully saturated rings. The molecule has 1 atom stereocenters. The molecule has 32 heavy (non-hydrogen) atoms. The number of nitrogens with one attached hydrogen (secondary N) is 2. The highest BCUT2D eigenvalue weighted by Gasteiger charge is 2.37. The molecule has 9 nitrogen and oxygen atoms in total. The molecule has 0 saturated carbocycles. The van der Waals surface area contributed by atoms with Crippen LogP contribution in [0.2, 0.25) is 0 Å². The molecule has 0 saturated heterocycles. The standard InChI is InChI=1S/C22H26N6O3S/c1-5-18-24-26-27-28(18)16-10-6-8-14(12-16)20-22(2,3)13-15-9-7-11-17(19(15)23-20)21(29)25-32(4,30)31/h6-12,20,23H,5,13H2,1-4H3,(H,25,29). The quantitative estimate of drug-likeness (QED) is 0.608. The molecule has 1 aliphatic heterocycles. The molecule has 1 amide bonds. The van der Waals surface area contributed by atoms with E-state index in [-0.39, 0.29) is 11.5 Å². The van der Waals surface area contributed by atoms with Crippen molar-refractivity contribution in [1.82, 2.24) is 24.9 Å². The number of rotatable bonds is 5. The van der Waals surface area contributed by atoms with E-state index in [1.165, 1.54) is 0 Å². The van der Waals surface area contributed by atoms with Crippen LogP contribution in [0.5, 0.6) is 0 Å². The van der Waals surface area contributed by atoms with E-state index in [0.29, 0.717) is 17.7 Å². The van der Waals surface area contributed by atoms with E-state index in [9.17, 15) is 13.2 Å². The first-order valence-electron chi connectivity index (χ1n) is 10.4. The van der Waals surface area contributed by atoms with Crippen molar-refractivity contribution in [3.05, 3.63) is 65.0 Å². The van der Waals surface area contributed by atoms with Gasteiger partial charge in [-0.15, -0.1) is 5.10 Å². The smallest absolute Gasteiger partial charge is 0.266 e. The van der Waals surface area contributed by atoms with Crippen LogP contribution in [-0.4, -0.2) is 40.8 Å². The zero-order valence-corrected chi connectivity index (χ0v) is 19.3. The van der Waals surface area contributed by atoms with E-state index in [1.54, 1.807) is 16.8 Å². The molecule has 0 radical (unpaired) electrons. The van der Waals surface area contributed by atoms with Gasteiger partial charge in [-0.2, -0.15) is 4.68 Å². The molecule has 10 heteroatoms. The maximum absolute atomic E-state index is 12.7. The highest BCUT2D eigenvalue weighted by atomic mass is 32.2. The number of para-hydroxylation sites is 1. The number of carbonyl (C=O) groups excluding carboxylic acids is 1. The Hall–Kier alpha value is -3.27. The Bertz CT molecular complexity index is 1280. The summed E-state index contributed by atoms with van der Waals surface area (Å²) in [5.41, 5.74) is 3.63. The summed E-state index contributed by atoms with van der Waals surface area (Å²) in [6.07, 6.45) is 2.39. The molecule has 3 aromatic rings. The zero-order valence-electron chi connectivity index (χ0n) is 18.5. The number of aromatic nitrogens is 4. The van der Waals surface area contributed by atoms with Gasteiger partial charge in [-0.1, -0.05) is 45.0 Å². The van der Waals surface area contributed by atoms with Gasteiger partial charge in [0, 0.05) is 6.42 Å². The number of benzene rings is 2. The summed E-state index contributed by atoms with van der Waals surface area (Å²) >= 11 is 0. The second kappa shape index (κ2) is 8.01. The third kappa shape index (κ3) is 4.22. The summed E-state index contributed by atoms with van der Waals surface area (Å²) in [4.78, 5) is 12.7. The Morgan fingerprint density at radius 3 is 2.72 bits per heavy atom. The molecule has 0 spiro atoms. The molecule has 0 aliphatic carbocycles. The lowest BCUT2D eigenvalue weighted by Crippen LogP contribution is -2.37. The van der Waals surface area contributed by atoms with Crippen LogP contribution in [0.3, 0.4) is 0 Å². The van der Waals surface area contributed by atoms with Crippen LogP contribution in [0, 0.1) is 5.41 Å². The van der Waals surface area contributed by atoms with Gasteiger partial charge < -0.3 is 5.32 Å². The summed E-state index contributed by atoms with van der Waals surface area (Å²) in [7, 11) is -3.67. The van der Waals surface area contributed by atoms with Crippen molar-refractivity contribution < 1.29 is 13.2 Å². The number of fused-ring (bicyclic) bond motifs is 1. The van der Waals surface area contributed by atoms with E-state index in [1.807, 2.05) is 37.3 Å². The first-order valence-corrected chi connectivity index (χ1v) is 12.3. The summed E-state index contributed by atoms with van der Waals surface area (Å²) in [6, 6.07) is 13.2. The van der Waals surface area contributed by atoms with Crippen LogP contribution in [-0.2, 0) is 22.9 Å². The fourth-order valence-electron chi connectivity index (χ4n) is 4.26. The van der Waals surface area contributed by atoms with Gasteiger partial charge in [0.15, 0.2) is 5.82 Å². The summed E-state index contributed by atoms with van der Waals surface area (Å²) in [6.45, 7) is 6.33. The number of hydrogen-bond donors (Lipinski definition) is 2. The normalized spacial score (nSPS) is 17.3. The highest BCUT2D eigenvalue weighted by Crippen LogP contribution is 2.46. The minimum Gasteiger partial charge on any atom is -0.377 e. The predicted octanol–water partition coefficient (Wildman–Crippen LogP) is 2.65. The number of anilines is 1. The van der Waals surface area contributed by atoms with Gasteiger partial charge in [-0.05, 0) is 51.6 Å². The minimum absolute atomic E-state index is 0.122. The molecule has 4 rings (SSSR count). The van der Waals surface area contributed by atoms with Crippen molar-refractivity contribution in [2.75, 3.05) is 11.6 Å². The monoisotopic (exact) mass is 454 g/mol. The summed E-state index contributed by atoms with van der Waals surface area (Å²) in [5, 5.41) is 15.5. The lowest BCUT2D eigenvalue weighted by atomic mass is 9.72. The third-order valence-corrected chi connectivity index (χ3v) is 6.24. The Balaban J connectivity index is 1.74. The Morgan fingerprint density at radius 1 is 1.25 bits per heavy atom. The summed E-state index contributed by atoms with van der Waals surface area (Å²) < 4.78 is 27.0. The van der Waals surface area contributed by atoms with Gasteiger partial charge in [0.1, 0.15) is 0 Å². The van der Waals surface area contributed by atoms with Gasteiger partial charge in [-0.25, -0.2) is 13.1 Å². The molecule has 1 aromatic heterocycles. The topological polar surface area (TPSA) is 119 Å². The average Bonchev–Trinajstić information content (AvgIpc) is 3.20. The second-order valence-corrected chi connectivity index (χ2v) is 10.5. The summed E-state index contributed by atoms with van der Waals surface area (Å²) in [5.74, 6) is 0.119. The van der Waals surface area contributed by atoms with Gasteiger partial charge in [-0.3, -0.25) is 4.79 Å². The van der Waals surface area contributed by atoms with Crippen molar-refractivity contribution in [2.24, 2.45) is 5.41 Å². The predicted molar refractivity (Wildman–Crippen MR) is 121 cm³/mol. The first kappa shape index (κ1) is 21.9. The average molecular weight is 455 g/mol. The van der Waals surface area contributed by atoms with Crippen LogP contribution < -0.4 is 10.0 Å². The number of sulfonamides is 1. The fourth-order valence-corrected chi connectivity index (χ4v) is 4.71. The molecule has 2 N–H and O–H groups in total. The molecule has 1 unspecified atom stereocenters. The first-order chi connectivity index (χ1) is 15.1. The third-order valence-electron chi connectivity index (χ3n) is 5.69. The van der Waals surface area contributed by atoms with Crippen molar-refractivity contribution in [1.29, 1.82) is 0 Å². The Labute approximate surface area is 187 Å². The Morgan fingerprint density at radius 2 is 2.00 bits per heavy atom. The van der Waals surface area contributed by atoms with Crippen LogP contribution in [0.25, 0.3) is 5.69 Å². The molecule has 2 aromatic carbocycles. The maximum Gasteiger partial charge on any atom is 0.266 e. The lowest BCUT2D eigenvalue weighted by molar-refractivity contribution is 0.0982. The van der Waals surface area contributed by atoms with E-state index in [0.717, 1.165) is 35.3 Å². The highest BCUT2D eigenvalue weighted by molar-refractivity contribution is 7.89. The van der Waals surface area contributed by atoms with Gasteiger partial charge >= 0.3 is 0 Å². The largest absolute Gasteiger partial charge is 0.377 e. The molecule has 168 valence electrons. The van der Waals surface area contributed by atoms with Crippen molar-refractivity contribution in [2.45, 2.75) is 39.7 Å². The Kier molecular flexibility index (Phi) is 5.49. The lowest BCUT2D eigenvalue weighted by Gasteiger charge is -2.42. The van der Waals surface area contributed by atoms with Crippen LogP contribution in [0.1, 0.15) is 54.1 Å². The fraction of sp³-hybridized carbons (Fsp3) is 0.364. The number of nitrogens with zero attached hydrogens (tertiary/aromatic N) is 4. The van der Waals surface area contributed by atoms with Gasteiger partial charge in [0.2, 0.25) is 10.0 Å². The van der Waals surface area contributed by atoms with Gasteiger partial charge in [0.05, 0.1) is 29.2 Å². The molecular formula is C22H26N6O3S. The molecular weight excluding hydrogens is 428 g/mol. The van der Waals surface area contributed by atoms with Gasteiger partial charge in [0.25, 0.3) is 5.91 Å². The van der Waals surface area contributed by atoms with E-state index >= 15 is 0 Å². The van der Waals surface area contributed by atoms with E-state index < -0.39 is 15.9 Å². The number of tetrazole rings is 1. The number of hydrogen-bond acceptors (Lipinski definition) is 7. The van der Waals surface area contributed by atoms with Crippen molar-refractivity contribution in [3.63, 3.8) is 0 Å². The van der Waals surface area contributed by atoms with E-state index in [2.05, 4.69) is 39.4 Å².